The van der Waals surface area contributed by atoms with E-state index in [1.54, 1.807) is 0 Å². The van der Waals surface area contributed by atoms with Crippen LogP contribution < -0.4 is 10.6 Å². The van der Waals surface area contributed by atoms with Gasteiger partial charge >= 0.3 is 0 Å². The van der Waals surface area contributed by atoms with Crippen LogP contribution in [0.5, 0.6) is 0 Å². The van der Waals surface area contributed by atoms with Crippen molar-refractivity contribution in [3.05, 3.63) is 32.9 Å². The van der Waals surface area contributed by atoms with Crippen LogP contribution in [0.3, 0.4) is 0 Å². The molecule has 98 valence electrons. The molecule has 0 spiro atoms. The largest absolute Gasteiger partial charge is 0.348 e. The van der Waals surface area contributed by atoms with Crippen molar-refractivity contribution >= 4 is 28.5 Å². The molecule has 0 aliphatic carbocycles. The summed E-state index contributed by atoms with van der Waals surface area (Å²) in [4.78, 5) is 12.2. The molecule has 4 heteroatoms. The van der Waals surface area contributed by atoms with Gasteiger partial charge in [-0.1, -0.05) is 6.07 Å². The standard InChI is InChI=1S/C14H19IN2O/c1-9-5-6-11(8-12(9)15)14(18)17-13-4-3-7-16-10(13)2/h5-6,8,10,13,16H,3-4,7H2,1-2H3,(H,17,18). The summed E-state index contributed by atoms with van der Waals surface area (Å²) < 4.78 is 1.13. The number of halogens is 1. The molecule has 2 atom stereocenters. The maximum absolute atomic E-state index is 12.2. The first-order valence-electron chi connectivity index (χ1n) is 6.38. The first-order chi connectivity index (χ1) is 8.58. The van der Waals surface area contributed by atoms with Gasteiger partial charge in [0.05, 0.1) is 0 Å². The molecule has 1 fully saturated rings. The summed E-state index contributed by atoms with van der Waals surface area (Å²) in [6.07, 6.45) is 2.18. The lowest BCUT2D eigenvalue weighted by Crippen LogP contribution is -2.51. The molecular formula is C14H19IN2O. The van der Waals surface area contributed by atoms with Gasteiger partial charge in [0.1, 0.15) is 0 Å². The number of carbonyl (C=O) groups is 1. The molecule has 1 aromatic rings. The topological polar surface area (TPSA) is 41.1 Å². The molecule has 2 unspecified atom stereocenters. The number of hydrogen-bond donors (Lipinski definition) is 2. The molecule has 3 nitrogen and oxygen atoms in total. The third-order valence-electron chi connectivity index (χ3n) is 3.51. The summed E-state index contributed by atoms with van der Waals surface area (Å²) in [5, 5.41) is 6.52. The van der Waals surface area contributed by atoms with Gasteiger partial charge in [-0.05, 0) is 73.5 Å². The molecule has 1 aromatic carbocycles. The minimum Gasteiger partial charge on any atom is -0.348 e. The van der Waals surface area contributed by atoms with Gasteiger partial charge in [0, 0.05) is 21.2 Å². The monoisotopic (exact) mass is 358 g/mol. The van der Waals surface area contributed by atoms with E-state index in [0.717, 1.165) is 28.5 Å². The number of aryl methyl sites for hydroxylation is 1. The van der Waals surface area contributed by atoms with Crippen LogP contribution in [0.4, 0.5) is 0 Å². The third kappa shape index (κ3) is 3.23. The average Bonchev–Trinajstić information content (AvgIpc) is 2.35. The van der Waals surface area contributed by atoms with Crippen molar-refractivity contribution in [3.63, 3.8) is 0 Å². The second-order valence-corrected chi connectivity index (χ2v) is 6.09. The number of benzene rings is 1. The Morgan fingerprint density at radius 2 is 2.28 bits per heavy atom. The number of nitrogens with one attached hydrogen (secondary N) is 2. The van der Waals surface area contributed by atoms with Crippen molar-refractivity contribution in [2.24, 2.45) is 0 Å². The fourth-order valence-electron chi connectivity index (χ4n) is 2.23. The third-order valence-corrected chi connectivity index (χ3v) is 4.67. The maximum Gasteiger partial charge on any atom is 0.251 e. The molecule has 0 saturated carbocycles. The van der Waals surface area contributed by atoms with Gasteiger partial charge in [-0.2, -0.15) is 0 Å². The van der Waals surface area contributed by atoms with E-state index in [1.165, 1.54) is 5.56 Å². The summed E-state index contributed by atoms with van der Waals surface area (Å²) in [6, 6.07) is 6.44. The maximum atomic E-state index is 12.2. The van der Waals surface area contributed by atoms with E-state index in [9.17, 15) is 4.79 Å². The molecule has 1 saturated heterocycles. The molecule has 2 rings (SSSR count). The van der Waals surface area contributed by atoms with E-state index in [2.05, 4.69) is 47.1 Å². The van der Waals surface area contributed by atoms with Gasteiger partial charge < -0.3 is 10.6 Å². The zero-order valence-corrected chi connectivity index (χ0v) is 13.0. The van der Waals surface area contributed by atoms with Gasteiger partial charge in [-0.25, -0.2) is 0 Å². The lowest BCUT2D eigenvalue weighted by Gasteiger charge is -2.30. The molecule has 1 aliphatic rings. The molecule has 1 amide bonds. The normalized spacial score (nSPS) is 23.7. The molecule has 0 bridgehead atoms. The Kier molecular flexibility index (Phi) is 4.61. The van der Waals surface area contributed by atoms with Crippen LogP contribution in [0.2, 0.25) is 0 Å². The molecular weight excluding hydrogens is 339 g/mol. The van der Waals surface area contributed by atoms with Crippen molar-refractivity contribution in [2.75, 3.05) is 6.54 Å². The van der Waals surface area contributed by atoms with Crippen molar-refractivity contribution < 1.29 is 4.79 Å². The Bertz CT molecular complexity index is 447. The zero-order valence-electron chi connectivity index (χ0n) is 10.8. The molecule has 18 heavy (non-hydrogen) atoms. The second-order valence-electron chi connectivity index (χ2n) is 4.93. The van der Waals surface area contributed by atoms with Gasteiger partial charge in [0.15, 0.2) is 0 Å². The number of rotatable bonds is 2. The minimum absolute atomic E-state index is 0.0356. The predicted octanol–water partition coefficient (Wildman–Crippen LogP) is 2.47. The highest BCUT2D eigenvalue weighted by Crippen LogP contribution is 2.15. The van der Waals surface area contributed by atoms with Crippen LogP contribution in [0.1, 0.15) is 35.7 Å². The highest BCUT2D eigenvalue weighted by molar-refractivity contribution is 14.1. The van der Waals surface area contributed by atoms with Crippen LogP contribution in [0.25, 0.3) is 0 Å². The fraction of sp³-hybridized carbons (Fsp3) is 0.500. The molecule has 0 aromatic heterocycles. The van der Waals surface area contributed by atoms with Gasteiger partial charge in [0.25, 0.3) is 5.91 Å². The van der Waals surface area contributed by atoms with Crippen molar-refractivity contribution in [2.45, 2.75) is 38.8 Å². The molecule has 2 N–H and O–H groups in total. The number of piperidine rings is 1. The van der Waals surface area contributed by atoms with E-state index in [4.69, 9.17) is 0 Å². The van der Waals surface area contributed by atoms with Crippen molar-refractivity contribution in [3.8, 4) is 0 Å². The lowest BCUT2D eigenvalue weighted by molar-refractivity contribution is 0.0920. The number of carbonyl (C=O) groups excluding carboxylic acids is 1. The van der Waals surface area contributed by atoms with Crippen LogP contribution in [-0.2, 0) is 0 Å². The molecule has 1 heterocycles. The number of hydrogen-bond acceptors (Lipinski definition) is 2. The second kappa shape index (κ2) is 6.02. The quantitative estimate of drug-likeness (QED) is 0.798. The van der Waals surface area contributed by atoms with E-state index < -0.39 is 0 Å². The fourth-order valence-corrected chi connectivity index (χ4v) is 2.74. The van der Waals surface area contributed by atoms with E-state index in [-0.39, 0.29) is 11.9 Å². The van der Waals surface area contributed by atoms with Crippen LogP contribution in [0, 0.1) is 10.5 Å². The van der Waals surface area contributed by atoms with Gasteiger partial charge in [-0.15, -0.1) is 0 Å². The first kappa shape index (κ1) is 13.8. The average molecular weight is 358 g/mol. The molecule has 0 radical (unpaired) electrons. The smallest absolute Gasteiger partial charge is 0.251 e. The minimum atomic E-state index is 0.0356. The van der Waals surface area contributed by atoms with Crippen LogP contribution in [0.15, 0.2) is 18.2 Å². The van der Waals surface area contributed by atoms with Crippen molar-refractivity contribution in [1.82, 2.24) is 10.6 Å². The Labute approximate surface area is 122 Å². The summed E-state index contributed by atoms with van der Waals surface area (Å²) >= 11 is 2.27. The summed E-state index contributed by atoms with van der Waals surface area (Å²) in [5.74, 6) is 0.0356. The van der Waals surface area contributed by atoms with E-state index >= 15 is 0 Å². The van der Waals surface area contributed by atoms with E-state index in [0.29, 0.717) is 6.04 Å². The Balaban J connectivity index is 2.04. The summed E-state index contributed by atoms with van der Waals surface area (Å²) in [5.41, 5.74) is 1.96. The van der Waals surface area contributed by atoms with Gasteiger partial charge in [-0.3, -0.25) is 4.79 Å². The number of amides is 1. The SMILES string of the molecule is Cc1ccc(C(=O)NC2CCCNC2C)cc1I. The highest BCUT2D eigenvalue weighted by Gasteiger charge is 2.22. The lowest BCUT2D eigenvalue weighted by atomic mass is 9.99. The Hall–Kier alpha value is -0.620. The van der Waals surface area contributed by atoms with Gasteiger partial charge in [0.2, 0.25) is 0 Å². The zero-order chi connectivity index (χ0) is 13.1. The predicted molar refractivity (Wildman–Crippen MR) is 81.8 cm³/mol. The Morgan fingerprint density at radius 3 is 2.94 bits per heavy atom. The Morgan fingerprint density at radius 1 is 1.50 bits per heavy atom. The highest BCUT2D eigenvalue weighted by atomic mass is 127. The molecule has 1 aliphatic heterocycles. The first-order valence-corrected chi connectivity index (χ1v) is 7.46. The van der Waals surface area contributed by atoms with Crippen molar-refractivity contribution in [1.29, 1.82) is 0 Å². The summed E-state index contributed by atoms with van der Waals surface area (Å²) in [7, 11) is 0. The summed E-state index contributed by atoms with van der Waals surface area (Å²) in [6.45, 7) is 5.23. The van der Waals surface area contributed by atoms with Crippen LogP contribution in [-0.4, -0.2) is 24.5 Å². The van der Waals surface area contributed by atoms with E-state index in [1.807, 2.05) is 18.2 Å². The van der Waals surface area contributed by atoms with Crippen LogP contribution >= 0.6 is 22.6 Å².